The minimum absolute atomic E-state index is 0.164. The molecule has 0 bridgehead atoms. The molecule has 0 aromatic heterocycles. The minimum atomic E-state index is 0.164. The summed E-state index contributed by atoms with van der Waals surface area (Å²) >= 11 is 0. The standard InChI is InChI=1S/C4H8BO/c1-3-5-4(2)6/h3H2,1-2H3/q-1. The second-order valence-electron chi connectivity index (χ2n) is 1.22. The Morgan fingerprint density at radius 2 is 2.33 bits per heavy atom. The molecule has 6 heavy (non-hydrogen) atoms. The van der Waals surface area contributed by atoms with Crippen LogP contribution in [0.4, 0.5) is 0 Å². The Morgan fingerprint density at radius 3 is 2.33 bits per heavy atom. The lowest BCUT2D eigenvalue weighted by Crippen LogP contribution is -1.99. The Kier molecular flexibility index (Phi) is 2.82. The van der Waals surface area contributed by atoms with Gasteiger partial charge in [-0.3, -0.25) is 0 Å². The topological polar surface area (TPSA) is 17.1 Å². The highest BCUT2D eigenvalue weighted by Gasteiger charge is 1.64. The van der Waals surface area contributed by atoms with E-state index in [1.165, 1.54) is 0 Å². The predicted molar refractivity (Wildman–Crippen MR) is 26.9 cm³/mol. The lowest BCUT2D eigenvalue weighted by Gasteiger charge is -1.99. The Morgan fingerprint density at radius 1 is 1.83 bits per heavy atom. The van der Waals surface area contributed by atoms with E-state index in [4.69, 9.17) is 0 Å². The average Bonchev–Trinajstić information content (AvgIpc) is 1.35. The third-order valence-electron chi connectivity index (χ3n) is 0.492. The van der Waals surface area contributed by atoms with Crippen molar-refractivity contribution < 1.29 is 4.79 Å². The third-order valence-corrected chi connectivity index (χ3v) is 0.492. The summed E-state index contributed by atoms with van der Waals surface area (Å²) in [5, 5.41) is 0. The largest absolute Gasteiger partial charge is 0.353 e. The molecule has 1 nitrogen and oxygen atoms in total. The van der Waals surface area contributed by atoms with E-state index in [9.17, 15) is 4.79 Å². The molecular formula is C4H8BO-. The molecule has 2 heteroatoms. The van der Waals surface area contributed by atoms with Gasteiger partial charge in [0.2, 0.25) is 0 Å². The third kappa shape index (κ3) is 3.73. The fraction of sp³-hybridized carbons (Fsp3) is 0.750. The number of hydrogen-bond donors (Lipinski definition) is 0. The Balaban J connectivity index is 2.83. The zero-order valence-electron chi connectivity index (χ0n) is 4.19. The second-order valence-corrected chi connectivity index (χ2v) is 1.22. The molecule has 0 aliphatic carbocycles. The lowest BCUT2D eigenvalue weighted by atomic mass is 9.71. The van der Waals surface area contributed by atoms with Crippen LogP contribution in [0, 0.1) is 0 Å². The quantitative estimate of drug-likeness (QED) is 0.448. The molecule has 0 saturated carbocycles. The van der Waals surface area contributed by atoms with Crippen LogP contribution in [0.1, 0.15) is 13.8 Å². The van der Waals surface area contributed by atoms with Gasteiger partial charge in [0.1, 0.15) is 0 Å². The monoisotopic (exact) mass is 83.1 g/mol. The van der Waals surface area contributed by atoms with Crippen LogP contribution in [0.5, 0.6) is 0 Å². The maximum absolute atomic E-state index is 9.99. The van der Waals surface area contributed by atoms with Gasteiger partial charge in [-0.05, 0) is 0 Å². The normalized spacial score (nSPS) is 8.33. The fourth-order valence-corrected chi connectivity index (χ4v) is 0.287. The van der Waals surface area contributed by atoms with E-state index in [1.54, 1.807) is 14.2 Å². The average molecular weight is 82.9 g/mol. The van der Waals surface area contributed by atoms with Crippen molar-refractivity contribution in [3.8, 4) is 0 Å². The molecular weight excluding hydrogens is 74.9 g/mol. The Bertz CT molecular complexity index is 51.5. The number of carbonyl (C=O) groups excluding carboxylic acids is 1. The summed E-state index contributed by atoms with van der Waals surface area (Å²) in [4.78, 5) is 9.99. The second kappa shape index (κ2) is 2.95. The summed E-state index contributed by atoms with van der Waals surface area (Å²) in [5.74, 6) is 0. The van der Waals surface area contributed by atoms with E-state index in [0.29, 0.717) is 0 Å². The van der Waals surface area contributed by atoms with Gasteiger partial charge in [-0.1, -0.05) is 6.92 Å². The molecule has 0 amide bonds. The first kappa shape index (κ1) is 5.73. The molecule has 0 atom stereocenters. The number of carbonyl (C=O) groups is 1. The summed E-state index contributed by atoms with van der Waals surface area (Å²) in [7, 11) is 1.65. The van der Waals surface area contributed by atoms with E-state index < -0.39 is 0 Å². The molecule has 0 fully saturated rings. The van der Waals surface area contributed by atoms with Gasteiger partial charge in [-0.15, -0.1) is 12.6 Å². The van der Waals surface area contributed by atoms with Crippen molar-refractivity contribution >= 4 is 13.0 Å². The van der Waals surface area contributed by atoms with Gasteiger partial charge >= 0.3 is 0 Å². The molecule has 0 spiro atoms. The Labute approximate surface area is 39.0 Å². The molecule has 0 N–H and O–H groups in total. The summed E-state index contributed by atoms with van der Waals surface area (Å²) in [6, 6.07) is 0. The first-order valence-electron chi connectivity index (χ1n) is 2.11. The molecule has 0 saturated heterocycles. The number of hydrogen-bond acceptors (Lipinski definition) is 1. The van der Waals surface area contributed by atoms with Crippen LogP contribution in [-0.2, 0) is 4.79 Å². The van der Waals surface area contributed by atoms with Crippen molar-refractivity contribution in [1.82, 2.24) is 0 Å². The molecule has 0 aromatic rings. The summed E-state index contributed by atoms with van der Waals surface area (Å²) in [5.41, 5.74) is 0.164. The molecule has 0 heterocycles. The molecule has 0 unspecified atom stereocenters. The van der Waals surface area contributed by atoms with Gasteiger partial charge in [0.05, 0.1) is 0 Å². The van der Waals surface area contributed by atoms with Crippen LogP contribution >= 0.6 is 0 Å². The van der Waals surface area contributed by atoms with Gasteiger partial charge in [0.25, 0.3) is 0 Å². The van der Waals surface area contributed by atoms with Crippen LogP contribution in [0.2, 0.25) is 6.32 Å². The molecule has 2 radical (unpaired) electrons. The van der Waals surface area contributed by atoms with Crippen molar-refractivity contribution in [3.05, 3.63) is 0 Å². The highest BCUT2D eigenvalue weighted by Crippen LogP contribution is 1.71. The van der Waals surface area contributed by atoms with Gasteiger partial charge in [0, 0.05) is 0 Å². The number of rotatable bonds is 2. The zero-order chi connectivity index (χ0) is 4.99. The van der Waals surface area contributed by atoms with E-state index in [-0.39, 0.29) is 5.68 Å². The van der Waals surface area contributed by atoms with Crippen LogP contribution < -0.4 is 0 Å². The van der Waals surface area contributed by atoms with E-state index in [0.717, 1.165) is 6.32 Å². The summed E-state index contributed by atoms with van der Waals surface area (Å²) < 4.78 is 0. The van der Waals surface area contributed by atoms with Crippen molar-refractivity contribution in [3.63, 3.8) is 0 Å². The Hall–Kier alpha value is -0.265. The van der Waals surface area contributed by atoms with Crippen molar-refractivity contribution in [1.29, 1.82) is 0 Å². The smallest absolute Gasteiger partial charge is 0.0508 e. The van der Waals surface area contributed by atoms with Gasteiger partial charge < -0.3 is 4.79 Å². The first-order valence-corrected chi connectivity index (χ1v) is 2.11. The van der Waals surface area contributed by atoms with Crippen LogP contribution in [-0.4, -0.2) is 13.0 Å². The maximum Gasteiger partial charge on any atom is -0.0508 e. The van der Waals surface area contributed by atoms with Crippen molar-refractivity contribution in [2.75, 3.05) is 0 Å². The van der Waals surface area contributed by atoms with Gasteiger partial charge in [-0.25, -0.2) is 13.6 Å². The summed E-state index contributed by atoms with van der Waals surface area (Å²) in [6.07, 6.45) is 0.856. The van der Waals surface area contributed by atoms with Crippen molar-refractivity contribution in [2.45, 2.75) is 20.2 Å². The highest BCUT2D eigenvalue weighted by atomic mass is 16.1. The fourth-order valence-electron chi connectivity index (χ4n) is 0.287. The van der Waals surface area contributed by atoms with E-state index >= 15 is 0 Å². The summed E-state index contributed by atoms with van der Waals surface area (Å²) in [6.45, 7) is 3.50. The van der Waals surface area contributed by atoms with Crippen LogP contribution in [0.3, 0.4) is 0 Å². The van der Waals surface area contributed by atoms with Gasteiger partial charge in [-0.2, -0.15) is 0 Å². The SMILES string of the molecule is CC[B-]C(C)=O. The molecule has 0 aliphatic rings. The van der Waals surface area contributed by atoms with Crippen molar-refractivity contribution in [2.24, 2.45) is 0 Å². The predicted octanol–water partition coefficient (Wildman–Crippen LogP) is 0.675. The zero-order valence-corrected chi connectivity index (χ0v) is 4.19. The van der Waals surface area contributed by atoms with Crippen LogP contribution in [0.15, 0.2) is 0 Å². The minimum Gasteiger partial charge on any atom is -0.353 e. The van der Waals surface area contributed by atoms with E-state index in [2.05, 4.69) is 0 Å². The molecule has 34 valence electrons. The van der Waals surface area contributed by atoms with Crippen LogP contribution in [0.25, 0.3) is 0 Å². The lowest BCUT2D eigenvalue weighted by molar-refractivity contribution is -0.110. The maximum atomic E-state index is 9.99. The molecule has 0 aromatic carbocycles. The molecule has 0 aliphatic heterocycles. The van der Waals surface area contributed by atoms with Gasteiger partial charge in [0.15, 0.2) is 0 Å². The highest BCUT2D eigenvalue weighted by molar-refractivity contribution is 6.73. The van der Waals surface area contributed by atoms with E-state index in [1.807, 2.05) is 6.92 Å². The first-order chi connectivity index (χ1) is 2.77. The molecule has 0 rings (SSSR count).